The average Bonchev–Trinajstić information content (AvgIpc) is 3.06. The Morgan fingerprint density at radius 1 is 1.43 bits per heavy atom. The van der Waals surface area contributed by atoms with Gasteiger partial charge in [-0.2, -0.15) is 0 Å². The summed E-state index contributed by atoms with van der Waals surface area (Å²) >= 11 is 1.65. The number of nitrogens with zero attached hydrogens (tertiary/aromatic N) is 1. The first kappa shape index (κ1) is 14.1. The topological polar surface area (TPSA) is 51.2 Å². The van der Waals surface area contributed by atoms with Crippen LogP contribution < -0.4 is 5.32 Å². The van der Waals surface area contributed by atoms with Crippen molar-refractivity contribution < 1.29 is 9.53 Å². The predicted molar refractivity (Wildman–Crippen MR) is 83.6 cm³/mol. The number of nitrogens with one attached hydrogen (secondary N) is 1. The normalized spacial score (nSPS) is 16.5. The second kappa shape index (κ2) is 6.26. The largest absolute Gasteiger partial charge is 0.465 e. The number of hydrogen-bond donors (Lipinski definition) is 1. The highest BCUT2D eigenvalue weighted by Crippen LogP contribution is 2.39. The van der Waals surface area contributed by atoms with Gasteiger partial charge < -0.3 is 10.1 Å². The Bertz CT molecular complexity index is 624. The van der Waals surface area contributed by atoms with Gasteiger partial charge >= 0.3 is 5.97 Å². The lowest BCUT2D eigenvalue weighted by Crippen LogP contribution is -2.14. The number of hydrogen-bond acceptors (Lipinski definition) is 5. The molecule has 1 aliphatic carbocycles. The first-order chi connectivity index (χ1) is 10.3. The summed E-state index contributed by atoms with van der Waals surface area (Å²) in [4.78, 5) is 17.7. The van der Waals surface area contributed by atoms with Gasteiger partial charge in [-0.3, -0.25) is 4.79 Å². The molecule has 1 heterocycles. The molecular formula is C16H18N2O2S. The van der Waals surface area contributed by atoms with Gasteiger partial charge in [-0.1, -0.05) is 30.3 Å². The Hall–Kier alpha value is -1.88. The monoisotopic (exact) mass is 302 g/mol. The van der Waals surface area contributed by atoms with E-state index < -0.39 is 0 Å². The van der Waals surface area contributed by atoms with Crippen LogP contribution in [0.4, 0.5) is 5.13 Å². The fourth-order valence-electron chi connectivity index (χ4n) is 2.55. The van der Waals surface area contributed by atoms with Crippen molar-refractivity contribution in [1.82, 2.24) is 4.98 Å². The van der Waals surface area contributed by atoms with Crippen molar-refractivity contribution in [2.75, 3.05) is 11.9 Å². The number of anilines is 1. The van der Waals surface area contributed by atoms with Gasteiger partial charge in [0.05, 0.1) is 12.3 Å². The molecule has 0 spiro atoms. The quantitative estimate of drug-likeness (QED) is 0.861. The number of fused-ring (bicyclic) bond motifs is 1. The van der Waals surface area contributed by atoms with Gasteiger partial charge in [-0.25, -0.2) is 4.98 Å². The zero-order chi connectivity index (χ0) is 14.7. The molecule has 3 rings (SSSR count). The minimum atomic E-state index is -0.177. The molecule has 4 nitrogen and oxygen atoms in total. The Balaban J connectivity index is 1.67. The van der Waals surface area contributed by atoms with E-state index in [0.29, 0.717) is 6.61 Å². The van der Waals surface area contributed by atoms with Crippen LogP contribution in [0.1, 0.15) is 35.4 Å². The van der Waals surface area contributed by atoms with Crippen molar-refractivity contribution in [3.05, 3.63) is 46.5 Å². The van der Waals surface area contributed by atoms with E-state index in [2.05, 4.69) is 22.4 Å². The summed E-state index contributed by atoms with van der Waals surface area (Å²) < 4.78 is 5.13. The zero-order valence-electron chi connectivity index (χ0n) is 12.0. The molecule has 0 saturated carbocycles. The summed E-state index contributed by atoms with van der Waals surface area (Å²) in [5.74, 6) is -0.320. The van der Waals surface area contributed by atoms with Gasteiger partial charge in [0.25, 0.3) is 0 Å². The molecule has 1 aromatic heterocycles. The number of thiazole rings is 1. The molecule has 0 saturated heterocycles. The van der Waals surface area contributed by atoms with Crippen LogP contribution in [0.2, 0.25) is 0 Å². The number of ether oxygens (including phenoxy) is 1. The third-order valence-electron chi connectivity index (χ3n) is 3.58. The second-order valence-electron chi connectivity index (χ2n) is 5.01. The van der Waals surface area contributed by atoms with Crippen molar-refractivity contribution in [3.63, 3.8) is 0 Å². The number of benzene rings is 1. The molecular weight excluding hydrogens is 284 g/mol. The molecule has 1 N–H and O–H groups in total. The van der Waals surface area contributed by atoms with Gasteiger partial charge in [0, 0.05) is 11.4 Å². The second-order valence-corrected chi connectivity index (χ2v) is 6.09. The highest BCUT2D eigenvalue weighted by atomic mass is 32.1. The Labute approximate surface area is 128 Å². The number of aromatic nitrogens is 1. The summed E-state index contributed by atoms with van der Waals surface area (Å²) in [6.45, 7) is 3.01. The minimum absolute atomic E-state index is 0.142. The lowest BCUT2D eigenvalue weighted by atomic mass is 10.1. The third-order valence-corrected chi connectivity index (χ3v) is 4.66. The van der Waals surface area contributed by atoms with E-state index in [9.17, 15) is 4.79 Å². The van der Waals surface area contributed by atoms with E-state index in [1.807, 2.05) is 25.1 Å². The average molecular weight is 302 g/mol. The van der Waals surface area contributed by atoms with Crippen LogP contribution in [0, 0.1) is 0 Å². The van der Waals surface area contributed by atoms with Crippen molar-refractivity contribution in [1.29, 1.82) is 0 Å². The van der Waals surface area contributed by atoms with E-state index in [0.717, 1.165) is 30.2 Å². The fourth-order valence-corrected chi connectivity index (χ4v) is 3.58. The minimum Gasteiger partial charge on any atom is -0.465 e. The first-order valence-electron chi connectivity index (χ1n) is 7.22. The Morgan fingerprint density at radius 3 is 3.00 bits per heavy atom. The number of carbonyl (C=O) groups is 1. The molecule has 21 heavy (non-hydrogen) atoms. The lowest BCUT2D eigenvalue weighted by molar-refractivity contribution is -0.145. The molecule has 1 aromatic carbocycles. The van der Waals surface area contributed by atoms with Crippen molar-refractivity contribution >= 4 is 22.4 Å². The van der Waals surface area contributed by atoms with Crippen LogP contribution in [0.5, 0.6) is 0 Å². The van der Waals surface area contributed by atoms with Crippen molar-refractivity contribution in [3.8, 4) is 0 Å². The Kier molecular flexibility index (Phi) is 4.20. The van der Waals surface area contributed by atoms with Crippen molar-refractivity contribution in [2.45, 2.75) is 32.2 Å². The fraction of sp³-hybridized carbons (Fsp3) is 0.375. The standard InChI is InChI=1S/C16H18N2O2S/c1-2-20-15(19)12-8-9-13-14(12)18-16(21-13)17-10-11-6-4-3-5-7-11/h3-7,12H,2,8-10H2,1H3,(H,17,18). The van der Waals surface area contributed by atoms with E-state index in [1.54, 1.807) is 11.3 Å². The molecule has 2 aromatic rings. The predicted octanol–water partition coefficient (Wildman–Crippen LogP) is 3.35. The van der Waals surface area contributed by atoms with Crippen LogP contribution in [-0.2, 0) is 22.5 Å². The smallest absolute Gasteiger partial charge is 0.315 e. The molecule has 0 radical (unpaired) electrons. The van der Waals surface area contributed by atoms with E-state index in [1.165, 1.54) is 10.4 Å². The van der Waals surface area contributed by atoms with Crippen molar-refractivity contribution in [2.24, 2.45) is 0 Å². The summed E-state index contributed by atoms with van der Waals surface area (Å²) in [6.07, 6.45) is 1.75. The van der Waals surface area contributed by atoms with Gasteiger partial charge in [-0.15, -0.1) is 11.3 Å². The molecule has 1 atom stereocenters. The van der Waals surface area contributed by atoms with Crippen LogP contribution in [-0.4, -0.2) is 17.6 Å². The molecule has 0 fully saturated rings. The third kappa shape index (κ3) is 3.08. The van der Waals surface area contributed by atoms with Crippen LogP contribution in [0.25, 0.3) is 0 Å². The van der Waals surface area contributed by atoms with Gasteiger partial charge in [0.2, 0.25) is 0 Å². The summed E-state index contributed by atoms with van der Waals surface area (Å²) in [7, 11) is 0. The number of aryl methyl sites for hydroxylation is 1. The summed E-state index contributed by atoms with van der Waals surface area (Å²) in [5, 5.41) is 4.22. The Morgan fingerprint density at radius 2 is 2.24 bits per heavy atom. The zero-order valence-corrected chi connectivity index (χ0v) is 12.8. The van der Waals surface area contributed by atoms with E-state index in [4.69, 9.17) is 4.74 Å². The SMILES string of the molecule is CCOC(=O)C1CCc2sc(NCc3ccccc3)nc21. The number of esters is 1. The van der Waals surface area contributed by atoms with E-state index >= 15 is 0 Å². The van der Waals surface area contributed by atoms with Crippen LogP contribution in [0.3, 0.4) is 0 Å². The lowest BCUT2D eigenvalue weighted by Gasteiger charge is -2.08. The summed E-state index contributed by atoms with van der Waals surface area (Å²) in [5.41, 5.74) is 2.13. The van der Waals surface area contributed by atoms with Gasteiger partial charge in [-0.05, 0) is 25.3 Å². The molecule has 5 heteroatoms. The van der Waals surface area contributed by atoms with Gasteiger partial charge in [0.1, 0.15) is 5.92 Å². The van der Waals surface area contributed by atoms with E-state index in [-0.39, 0.29) is 11.9 Å². The molecule has 110 valence electrons. The van der Waals surface area contributed by atoms with Crippen LogP contribution >= 0.6 is 11.3 Å². The van der Waals surface area contributed by atoms with Gasteiger partial charge in [0.15, 0.2) is 5.13 Å². The molecule has 0 bridgehead atoms. The molecule has 1 unspecified atom stereocenters. The maximum Gasteiger partial charge on any atom is 0.315 e. The molecule has 1 aliphatic rings. The van der Waals surface area contributed by atoms with Crippen LogP contribution in [0.15, 0.2) is 30.3 Å². The highest BCUT2D eigenvalue weighted by molar-refractivity contribution is 7.15. The molecule has 0 amide bonds. The number of rotatable bonds is 5. The summed E-state index contributed by atoms with van der Waals surface area (Å²) in [6, 6.07) is 10.2. The maximum atomic E-state index is 11.9. The molecule has 0 aliphatic heterocycles. The number of carbonyl (C=O) groups excluding carboxylic acids is 1. The first-order valence-corrected chi connectivity index (χ1v) is 8.03. The maximum absolute atomic E-state index is 11.9. The highest BCUT2D eigenvalue weighted by Gasteiger charge is 2.33.